The van der Waals surface area contributed by atoms with Gasteiger partial charge in [0.25, 0.3) is 33.7 Å². The second kappa shape index (κ2) is 16.4. The summed E-state index contributed by atoms with van der Waals surface area (Å²) in [4.78, 5) is 65.2. The number of imide groups is 2. The fourth-order valence-corrected chi connectivity index (χ4v) is 7.70. The third kappa shape index (κ3) is 8.85. The second-order valence-electron chi connectivity index (χ2n) is 13.0. The van der Waals surface area contributed by atoms with E-state index >= 15 is 0 Å². The monoisotopic (exact) mass is 845 g/mol. The van der Waals surface area contributed by atoms with Crippen LogP contribution in [0.25, 0.3) is 0 Å². The minimum atomic E-state index is -4.89. The first-order valence-corrected chi connectivity index (χ1v) is 19.5. The Morgan fingerprint density at radius 3 is 2.33 bits per heavy atom. The van der Waals surface area contributed by atoms with Crippen molar-refractivity contribution in [1.82, 2.24) is 15.1 Å². The van der Waals surface area contributed by atoms with Crippen molar-refractivity contribution >= 4 is 74.1 Å². The van der Waals surface area contributed by atoms with Crippen LogP contribution in [-0.2, 0) is 25.8 Å². The highest BCUT2D eigenvalue weighted by Gasteiger charge is 2.47. The Morgan fingerprint density at radius 1 is 0.895 bits per heavy atom. The maximum atomic E-state index is 13.4. The van der Waals surface area contributed by atoms with Gasteiger partial charge in [0.05, 0.1) is 32.3 Å². The number of hydrogen-bond acceptors (Lipinski definition) is 9. The molecule has 1 fully saturated rings. The number of sulfonamides is 1. The van der Waals surface area contributed by atoms with Crippen LogP contribution in [0, 0.1) is 0 Å². The number of carbonyl (C=O) groups is 5. The summed E-state index contributed by atoms with van der Waals surface area (Å²) in [7, 11) is -3.24. The summed E-state index contributed by atoms with van der Waals surface area (Å²) >= 11 is 11.7. The molecular formula is C38H32Cl2F3N5O8S. The molecule has 4 aromatic carbocycles. The van der Waals surface area contributed by atoms with Crippen LogP contribution in [0.4, 0.5) is 24.5 Å². The van der Waals surface area contributed by atoms with E-state index in [4.69, 9.17) is 27.9 Å². The summed E-state index contributed by atoms with van der Waals surface area (Å²) < 4.78 is 74.3. The number of ether oxygens (including phenoxy) is 1. The summed E-state index contributed by atoms with van der Waals surface area (Å²) in [5, 5.41) is 5.41. The Kier molecular flexibility index (Phi) is 11.8. The van der Waals surface area contributed by atoms with E-state index in [1.165, 1.54) is 55.6 Å². The van der Waals surface area contributed by atoms with E-state index in [9.17, 15) is 45.6 Å². The van der Waals surface area contributed by atoms with E-state index in [-0.39, 0.29) is 58.0 Å². The van der Waals surface area contributed by atoms with Crippen LogP contribution in [0.1, 0.15) is 62.3 Å². The van der Waals surface area contributed by atoms with Crippen molar-refractivity contribution < 1.29 is 50.3 Å². The first kappa shape index (κ1) is 41.0. The van der Waals surface area contributed by atoms with Gasteiger partial charge in [-0.05, 0) is 92.1 Å². The van der Waals surface area contributed by atoms with Crippen molar-refractivity contribution in [3.05, 3.63) is 111 Å². The number of fused-ring (bicyclic) bond motifs is 1. The number of likely N-dealkylation sites (tertiary alicyclic amines) is 1. The summed E-state index contributed by atoms with van der Waals surface area (Å²) in [5.74, 6) is -2.39. The Morgan fingerprint density at radius 2 is 1.61 bits per heavy atom. The predicted molar refractivity (Wildman–Crippen MR) is 203 cm³/mol. The molecule has 0 radical (unpaired) electrons. The highest BCUT2D eigenvalue weighted by molar-refractivity contribution is 7.92. The first-order chi connectivity index (χ1) is 27.0. The summed E-state index contributed by atoms with van der Waals surface area (Å²) in [5.41, 5.74) is -0.442. The normalized spacial score (nSPS) is 15.8. The summed E-state index contributed by atoms with van der Waals surface area (Å²) in [6, 6.07) is 15.8. The van der Waals surface area contributed by atoms with Gasteiger partial charge in [-0.1, -0.05) is 29.3 Å². The number of piperidine rings is 1. The molecule has 57 heavy (non-hydrogen) atoms. The Labute approximate surface area is 334 Å². The minimum absolute atomic E-state index is 0.0302. The molecule has 298 valence electrons. The van der Waals surface area contributed by atoms with Crippen molar-refractivity contribution in [2.45, 2.75) is 42.8 Å². The van der Waals surface area contributed by atoms with Crippen LogP contribution in [-0.4, -0.2) is 73.9 Å². The SMILES string of the molecule is CN1C(=O)CCC(N2C(=O)c3cccc(NCCCCNC(=O)c4ccc(Oc5ccc(Cl)cc5NS(=O)(=O)c5ccc(Cl)c(C(F)(F)F)c5)cc4)c3C2=O)C1=O. The number of hydrogen-bond donors (Lipinski definition) is 3. The summed E-state index contributed by atoms with van der Waals surface area (Å²) in [6.07, 6.45) is -3.67. The van der Waals surface area contributed by atoms with Gasteiger partial charge in [-0.15, -0.1) is 0 Å². The molecule has 13 nitrogen and oxygen atoms in total. The second-order valence-corrected chi connectivity index (χ2v) is 15.5. The van der Waals surface area contributed by atoms with Gasteiger partial charge in [-0.3, -0.25) is 38.5 Å². The third-order valence-corrected chi connectivity index (χ3v) is 11.1. The van der Waals surface area contributed by atoms with Gasteiger partial charge >= 0.3 is 6.18 Å². The van der Waals surface area contributed by atoms with E-state index in [2.05, 4.69) is 15.4 Å². The van der Waals surface area contributed by atoms with Crippen LogP contribution < -0.4 is 20.1 Å². The molecule has 2 heterocycles. The number of nitrogens with zero attached hydrogens (tertiary/aromatic N) is 2. The van der Waals surface area contributed by atoms with Gasteiger partial charge < -0.3 is 15.4 Å². The number of nitrogens with one attached hydrogen (secondary N) is 3. The smallest absolute Gasteiger partial charge is 0.417 e. The molecule has 5 amide bonds. The molecule has 1 unspecified atom stereocenters. The zero-order valence-electron chi connectivity index (χ0n) is 29.8. The predicted octanol–water partition coefficient (Wildman–Crippen LogP) is 6.97. The molecule has 1 saturated heterocycles. The molecule has 3 N–H and O–H groups in total. The van der Waals surface area contributed by atoms with Crippen LogP contribution in [0.5, 0.6) is 11.5 Å². The molecule has 0 saturated carbocycles. The lowest BCUT2D eigenvalue weighted by Crippen LogP contribution is -2.54. The zero-order chi connectivity index (χ0) is 41.2. The van der Waals surface area contributed by atoms with Gasteiger partial charge in [-0.25, -0.2) is 8.42 Å². The molecule has 2 aliphatic heterocycles. The lowest BCUT2D eigenvalue weighted by atomic mass is 10.0. The number of amides is 5. The van der Waals surface area contributed by atoms with E-state index < -0.39 is 55.4 Å². The number of benzene rings is 4. The number of anilines is 2. The topological polar surface area (TPSA) is 171 Å². The van der Waals surface area contributed by atoms with Gasteiger partial charge in [0, 0.05) is 42.8 Å². The van der Waals surface area contributed by atoms with Crippen LogP contribution in [0.15, 0.2) is 83.8 Å². The van der Waals surface area contributed by atoms with Gasteiger partial charge in [0.1, 0.15) is 11.8 Å². The van der Waals surface area contributed by atoms with E-state index in [0.29, 0.717) is 43.2 Å². The average Bonchev–Trinajstić information content (AvgIpc) is 3.42. The number of rotatable bonds is 13. The molecule has 6 rings (SSSR count). The molecule has 19 heteroatoms. The first-order valence-electron chi connectivity index (χ1n) is 17.3. The van der Waals surface area contributed by atoms with E-state index in [0.717, 1.165) is 21.9 Å². The lowest BCUT2D eigenvalue weighted by molar-refractivity contribution is -0.149. The number of unbranched alkanes of at least 4 members (excludes halogenated alkanes) is 1. The fraction of sp³-hybridized carbons (Fsp3) is 0.237. The van der Waals surface area contributed by atoms with Gasteiger partial charge in [0.15, 0.2) is 5.75 Å². The van der Waals surface area contributed by atoms with Crippen LogP contribution in [0.3, 0.4) is 0 Å². The van der Waals surface area contributed by atoms with Gasteiger partial charge in [-0.2, -0.15) is 13.2 Å². The molecule has 2 aliphatic rings. The number of likely N-dealkylation sites (N-methyl/N-ethyl adjacent to an activating group) is 1. The quantitative estimate of drug-likeness (QED) is 0.0950. The van der Waals surface area contributed by atoms with Gasteiger partial charge in [0.2, 0.25) is 5.91 Å². The molecule has 0 spiro atoms. The lowest BCUT2D eigenvalue weighted by Gasteiger charge is -2.32. The van der Waals surface area contributed by atoms with Crippen molar-refractivity contribution in [2.75, 3.05) is 30.2 Å². The van der Waals surface area contributed by atoms with Crippen molar-refractivity contribution in [3.63, 3.8) is 0 Å². The molecule has 0 bridgehead atoms. The molecular weight excluding hydrogens is 814 g/mol. The number of carbonyl (C=O) groups excluding carboxylic acids is 5. The van der Waals surface area contributed by atoms with E-state index in [1.54, 1.807) is 12.1 Å². The number of alkyl halides is 3. The molecule has 0 aromatic heterocycles. The van der Waals surface area contributed by atoms with Crippen molar-refractivity contribution in [3.8, 4) is 11.5 Å². The van der Waals surface area contributed by atoms with Crippen LogP contribution >= 0.6 is 23.2 Å². The maximum absolute atomic E-state index is 13.4. The molecule has 4 aromatic rings. The highest BCUT2D eigenvalue weighted by Crippen LogP contribution is 2.38. The average molecular weight is 847 g/mol. The number of halogens is 5. The third-order valence-electron chi connectivity index (χ3n) is 9.17. The largest absolute Gasteiger partial charge is 0.455 e. The molecule has 1 atom stereocenters. The van der Waals surface area contributed by atoms with Crippen molar-refractivity contribution in [1.29, 1.82) is 0 Å². The fourth-order valence-electron chi connectivity index (χ4n) is 6.21. The Hall–Kier alpha value is -5.65. The highest BCUT2D eigenvalue weighted by atomic mass is 35.5. The Balaban J connectivity index is 1.00. The zero-order valence-corrected chi connectivity index (χ0v) is 32.1. The Bertz CT molecular complexity index is 2400. The molecule has 0 aliphatic carbocycles. The van der Waals surface area contributed by atoms with Crippen LogP contribution in [0.2, 0.25) is 10.0 Å². The van der Waals surface area contributed by atoms with Crippen molar-refractivity contribution in [2.24, 2.45) is 0 Å². The standard InChI is InChI=1S/C38H32Cl2F3N5O8S/c1-47-32(49)16-14-30(36(47)52)48-35(51)25-5-4-6-28(33(25)37(48)53)44-17-2-3-18-45-34(50)21-7-10-23(11-8-21)56-31-15-9-22(39)19-29(31)46-57(54,55)24-12-13-27(40)26(20-24)38(41,42)43/h4-13,15,19-20,30,44,46H,2-3,14,16-18H2,1H3,(H,45,50). The minimum Gasteiger partial charge on any atom is -0.455 e. The van der Waals surface area contributed by atoms with E-state index in [1.807, 2.05) is 0 Å². The summed E-state index contributed by atoms with van der Waals surface area (Å²) in [6.45, 7) is 0.704. The maximum Gasteiger partial charge on any atom is 0.417 e.